The molecule has 0 saturated heterocycles. The molecule has 0 aliphatic rings. The zero-order valence-electron chi connectivity index (χ0n) is 12.5. The second-order valence-corrected chi connectivity index (χ2v) is 6.38. The lowest BCUT2D eigenvalue weighted by Gasteiger charge is -2.20. The van der Waals surface area contributed by atoms with Gasteiger partial charge in [0, 0.05) is 15.5 Å². The number of methoxy groups -OCH3 is 1. The van der Waals surface area contributed by atoms with Gasteiger partial charge in [0.05, 0.1) is 13.2 Å². The topological polar surface area (TPSA) is 21.3 Å². The SMILES string of the molecule is CCSc1ccc(C(NC)c2cc(Cl)ccc2OC)cc1. The lowest BCUT2D eigenvalue weighted by atomic mass is 9.98. The van der Waals surface area contributed by atoms with Gasteiger partial charge in [-0.25, -0.2) is 0 Å². The molecule has 21 heavy (non-hydrogen) atoms. The first-order valence-electron chi connectivity index (χ1n) is 6.93. The summed E-state index contributed by atoms with van der Waals surface area (Å²) in [5, 5.41) is 4.05. The number of hydrogen-bond acceptors (Lipinski definition) is 3. The second kappa shape index (κ2) is 7.74. The number of halogens is 1. The zero-order chi connectivity index (χ0) is 15.2. The van der Waals surface area contributed by atoms with Crippen LogP contribution in [0.3, 0.4) is 0 Å². The van der Waals surface area contributed by atoms with Crippen LogP contribution in [0.15, 0.2) is 47.4 Å². The fourth-order valence-corrected chi connectivity index (χ4v) is 3.20. The van der Waals surface area contributed by atoms with E-state index in [0.29, 0.717) is 5.02 Å². The zero-order valence-corrected chi connectivity index (χ0v) is 14.1. The average Bonchev–Trinajstić information content (AvgIpc) is 2.50. The van der Waals surface area contributed by atoms with E-state index in [2.05, 4.69) is 36.5 Å². The van der Waals surface area contributed by atoms with E-state index in [1.54, 1.807) is 7.11 Å². The van der Waals surface area contributed by atoms with Gasteiger partial charge in [0.1, 0.15) is 5.75 Å². The van der Waals surface area contributed by atoms with Crippen molar-refractivity contribution in [3.8, 4) is 5.75 Å². The Balaban J connectivity index is 2.37. The summed E-state index contributed by atoms with van der Waals surface area (Å²) in [4.78, 5) is 1.29. The first-order valence-corrected chi connectivity index (χ1v) is 8.29. The Morgan fingerprint density at radius 1 is 1.19 bits per heavy atom. The minimum Gasteiger partial charge on any atom is -0.496 e. The van der Waals surface area contributed by atoms with Crippen molar-refractivity contribution in [1.82, 2.24) is 5.32 Å². The third-order valence-corrected chi connectivity index (χ3v) is 4.45. The lowest BCUT2D eigenvalue weighted by Crippen LogP contribution is -2.18. The third kappa shape index (κ3) is 3.94. The van der Waals surface area contributed by atoms with Gasteiger partial charge in [0.15, 0.2) is 0 Å². The monoisotopic (exact) mass is 321 g/mol. The maximum Gasteiger partial charge on any atom is 0.124 e. The molecule has 2 rings (SSSR count). The molecule has 0 aromatic heterocycles. The van der Waals surface area contributed by atoms with E-state index in [4.69, 9.17) is 16.3 Å². The Hall–Kier alpha value is -1.16. The molecule has 0 aliphatic carbocycles. The Morgan fingerprint density at radius 2 is 1.90 bits per heavy atom. The summed E-state index contributed by atoms with van der Waals surface area (Å²) in [5.41, 5.74) is 2.24. The molecule has 0 bridgehead atoms. The van der Waals surface area contributed by atoms with Crippen LogP contribution in [0.25, 0.3) is 0 Å². The number of ether oxygens (including phenoxy) is 1. The lowest BCUT2D eigenvalue weighted by molar-refractivity contribution is 0.405. The minimum atomic E-state index is 0.0549. The summed E-state index contributed by atoms with van der Waals surface area (Å²) >= 11 is 7.99. The number of nitrogens with one attached hydrogen (secondary N) is 1. The summed E-state index contributed by atoms with van der Waals surface area (Å²) < 4.78 is 5.46. The van der Waals surface area contributed by atoms with Gasteiger partial charge in [0.2, 0.25) is 0 Å². The smallest absolute Gasteiger partial charge is 0.124 e. The van der Waals surface area contributed by atoms with Gasteiger partial charge in [-0.2, -0.15) is 0 Å². The Bertz CT molecular complexity index is 586. The third-order valence-electron chi connectivity index (χ3n) is 3.32. The van der Waals surface area contributed by atoms with E-state index in [-0.39, 0.29) is 6.04 Å². The van der Waals surface area contributed by atoms with Crippen LogP contribution in [0.4, 0.5) is 0 Å². The molecule has 0 heterocycles. The van der Waals surface area contributed by atoms with Crippen LogP contribution in [0.1, 0.15) is 24.1 Å². The van der Waals surface area contributed by atoms with Crippen LogP contribution in [-0.2, 0) is 0 Å². The highest BCUT2D eigenvalue weighted by molar-refractivity contribution is 7.99. The van der Waals surface area contributed by atoms with E-state index < -0.39 is 0 Å². The molecule has 2 nitrogen and oxygen atoms in total. The number of hydrogen-bond donors (Lipinski definition) is 1. The van der Waals surface area contributed by atoms with Gasteiger partial charge in [-0.3, -0.25) is 0 Å². The van der Waals surface area contributed by atoms with Crippen molar-refractivity contribution in [2.24, 2.45) is 0 Å². The van der Waals surface area contributed by atoms with Gasteiger partial charge < -0.3 is 10.1 Å². The first kappa shape index (κ1) is 16.2. The van der Waals surface area contributed by atoms with Gasteiger partial charge in [-0.05, 0) is 48.7 Å². The van der Waals surface area contributed by atoms with Gasteiger partial charge in [-0.15, -0.1) is 11.8 Å². The van der Waals surface area contributed by atoms with E-state index >= 15 is 0 Å². The second-order valence-electron chi connectivity index (χ2n) is 4.61. The summed E-state index contributed by atoms with van der Waals surface area (Å²) in [7, 11) is 3.63. The van der Waals surface area contributed by atoms with E-state index in [1.165, 1.54) is 10.5 Å². The van der Waals surface area contributed by atoms with Crippen molar-refractivity contribution in [3.05, 3.63) is 58.6 Å². The van der Waals surface area contributed by atoms with Crippen LogP contribution < -0.4 is 10.1 Å². The maximum atomic E-state index is 6.14. The molecule has 1 unspecified atom stereocenters. The maximum absolute atomic E-state index is 6.14. The quantitative estimate of drug-likeness (QED) is 0.774. The normalized spacial score (nSPS) is 12.2. The Morgan fingerprint density at radius 3 is 2.48 bits per heavy atom. The minimum absolute atomic E-state index is 0.0549. The first-order chi connectivity index (χ1) is 10.2. The standard InChI is InChI=1S/C17H20ClNOS/c1-4-21-14-8-5-12(6-9-14)17(19-2)15-11-13(18)7-10-16(15)20-3/h5-11,17,19H,4H2,1-3H3. The fourth-order valence-electron chi connectivity index (χ4n) is 2.36. The molecule has 0 radical (unpaired) electrons. The number of rotatable bonds is 6. The van der Waals surface area contributed by atoms with Gasteiger partial charge >= 0.3 is 0 Å². The van der Waals surface area contributed by atoms with Crippen molar-refractivity contribution in [1.29, 1.82) is 0 Å². The molecule has 0 saturated carbocycles. The van der Waals surface area contributed by atoms with Crippen molar-refractivity contribution in [3.63, 3.8) is 0 Å². The van der Waals surface area contributed by atoms with E-state index in [9.17, 15) is 0 Å². The highest BCUT2D eigenvalue weighted by atomic mass is 35.5. The molecule has 0 spiro atoms. The van der Waals surface area contributed by atoms with Crippen molar-refractivity contribution in [2.75, 3.05) is 19.9 Å². The molecular formula is C17H20ClNOS. The molecule has 4 heteroatoms. The molecule has 2 aromatic carbocycles. The molecule has 2 aromatic rings. The average molecular weight is 322 g/mol. The van der Waals surface area contributed by atoms with Crippen LogP contribution in [0.5, 0.6) is 5.75 Å². The van der Waals surface area contributed by atoms with Crippen molar-refractivity contribution >= 4 is 23.4 Å². The van der Waals surface area contributed by atoms with Crippen molar-refractivity contribution < 1.29 is 4.74 Å². The number of thioether (sulfide) groups is 1. The molecule has 0 amide bonds. The van der Waals surface area contributed by atoms with Crippen LogP contribution in [0.2, 0.25) is 5.02 Å². The summed E-state index contributed by atoms with van der Waals surface area (Å²) in [6, 6.07) is 14.4. The Kier molecular flexibility index (Phi) is 5.97. The summed E-state index contributed by atoms with van der Waals surface area (Å²) in [5.74, 6) is 1.92. The van der Waals surface area contributed by atoms with Crippen LogP contribution in [0, 0.1) is 0 Å². The van der Waals surface area contributed by atoms with Crippen LogP contribution in [-0.4, -0.2) is 19.9 Å². The van der Waals surface area contributed by atoms with Crippen LogP contribution >= 0.6 is 23.4 Å². The largest absolute Gasteiger partial charge is 0.496 e. The van der Waals surface area contributed by atoms with Gasteiger partial charge in [-0.1, -0.05) is 30.7 Å². The predicted molar refractivity (Wildman–Crippen MR) is 91.7 cm³/mol. The van der Waals surface area contributed by atoms with Gasteiger partial charge in [0.25, 0.3) is 0 Å². The summed E-state index contributed by atoms with van der Waals surface area (Å²) in [6.45, 7) is 2.16. The van der Waals surface area contributed by atoms with E-state index in [0.717, 1.165) is 17.1 Å². The molecule has 1 N–H and O–H groups in total. The predicted octanol–water partition coefficient (Wildman–Crippen LogP) is 4.77. The molecule has 0 aliphatic heterocycles. The fraction of sp³-hybridized carbons (Fsp3) is 0.294. The van der Waals surface area contributed by atoms with E-state index in [1.807, 2.05) is 37.0 Å². The molecule has 112 valence electrons. The highest BCUT2D eigenvalue weighted by Gasteiger charge is 2.17. The highest BCUT2D eigenvalue weighted by Crippen LogP contribution is 2.32. The molecular weight excluding hydrogens is 302 g/mol. The summed E-state index contributed by atoms with van der Waals surface area (Å²) in [6.07, 6.45) is 0. The number of benzene rings is 2. The van der Waals surface area contributed by atoms with Crippen molar-refractivity contribution in [2.45, 2.75) is 17.9 Å². The molecule has 1 atom stereocenters. The molecule has 0 fully saturated rings. The Labute approximate surface area is 135 Å².